The first-order chi connectivity index (χ1) is 9.47. The highest BCUT2D eigenvalue weighted by molar-refractivity contribution is 9.10. The standard InChI is InChI=1S/C12H8BrClFN3O2/c13-10-2-1-9(15)3-7(10)5-16-12-11(18(19)20)4-8(14)6-17-12/h1-4,6H,5H2,(H,16,17). The normalized spacial score (nSPS) is 10.3. The van der Waals surface area contributed by atoms with Crippen LogP contribution in [0.1, 0.15) is 5.56 Å². The fourth-order valence-corrected chi connectivity index (χ4v) is 2.10. The Morgan fingerprint density at radius 3 is 2.90 bits per heavy atom. The highest BCUT2D eigenvalue weighted by Crippen LogP contribution is 2.26. The van der Waals surface area contributed by atoms with Gasteiger partial charge in [0.1, 0.15) is 5.82 Å². The summed E-state index contributed by atoms with van der Waals surface area (Å²) in [6.45, 7) is 0.188. The molecule has 8 heteroatoms. The molecular weight excluding hydrogens is 353 g/mol. The summed E-state index contributed by atoms with van der Waals surface area (Å²) in [6.07, 6.45) is 1.30. The molecule has 1 aromatic carbocycles. The number of nitro groups is 1. The summed E-state index contributed by atoms with van der Waals surface area (Å²) in [5.74, 6) is -0.306. The van der Waals surface area contributed by atoms with Crippen LogP contribution in [0.25, 0.3) is 0 Å². The first-order valence-corrected chi connectivity index (χ1v) is 6.62. The predicted molar refractivity (Wildman–Crippen MR) is 77.3 cm³/mol. The van der Waals surface area contributed by atoms with Gasteiger partial charge in [-0.25, -0.2) is 9.37 Å². The maximum atomic E-state index is 13.1. The van der Waals surface area contributed by atoms with Crippen LogP contribution in [-0.2, 0) is 6.54 Å². The van der Waals surface area contributed by atoms with E-state index in [9.17, 15) is 14.5 Å². The number of aromatic nitrogens is 1. The van der Waals surface area contributed by atoms with Gasteiger partial charge in [-0.1, -0.05) is 27.5 Å². The summed E-state index contributed by atoms with van der Waals surface area (Å²) in [4.78, 5) is 14.2. The molecular formula is C12H8BrClFN3O2. The number of pyridine rings is 1. The fraction of sp³-hybridized carbons (Fsp3) is 0.0833. The zero-order chi connectivity index (χ0) is 14.7. The molecule has 104 valence electrons. The molecule has 20 heavy (non-hydrogen) atoms. The molecule has 0 spiro atoms. The van der Waals surface area contributed by atoms with Crippen LogP contribution >= 0.6 is 27.5 Å². The third-order valence-corrected chi connectivity index (χ3v) is 3.47. The Hall–Kier alpha value is -1.73. The Labute approximate surface area is 127 Å². The number of hydrogen-bond donors (Lipinski definition) is 1. The average Bonchev–Trinajstić information content (AvgIpc) is 2.40. The van der Waals surface area contributed by atoms with E-state index in [1.807, 2.05) is 0 Å². The van der Waals surface area contributed by atoms with E-state index in [0.29, 0.717) is 10.0 Å². The molecule has 0 saturated heterocycles. The van der Waals surface area contributed by atoms with Crippen molar-refractivity contribution < 1.29 is 9.31 Å². The minimum absolute atomic E-state index is 0.0792. The summed E-state index contributed by atoms with van der Waals surface area (Å²) < 4.78 is 13.8. The smallest absolute Gasteiger partial charge is 0.312 e. The lowest BCUT2D eigenvalue weighted by molar-refractivity contribution is -0.384. The molecule has 0 unspecified atom stereocenters. The largest absolute Gasteiger partial charge is 0.360 e. The molecule has 0 aliphatic heterocycles. The molecule has 1 heterocycles. The van der Waals surface area contributed by atoms with Gasteiger partial charge in [0.05, 0.1) is 9.95 Å². The topological polar surface area (TPSA) is 68.1 Å². The predicted octanol–water partition coefficient (Wildman–Crippen LogP) is 4.16. The molecule has 0 aliphatic rings. The van der Waals surface area contributed by atoms with Crippen LogP contribution in [0.4, 0.5) is 15.9 Å². The second kappa shape index (κ2) is 6.15. The van der Waals surface area contributed by atoms with Crippen LogP contribution in [0.5, 0.6) is 0 Å². The Balaban J connectivity index is 2.23. The first-order valence-electron chi connectivity index (χ1n) is 5.45. The van der Waals surface area contributed by atoms with Gasteiger partial charge < -0.3 is 5.32 Å². The Bertz CT molecular complexity index is 669. The van der Waals surface area contributed by atoms with Gasteiger partial charge in [0.25, 0.3) is 0 Å². The summed E-state index contributed by atoms with van der Waals surface area (Å²) in [5.41, 5.74) is 0.390. The minimum Gasteiger partial charge on any atom is -0.360 e. The Morgan fingerprint density at radius 2 is 2.20 bits per heavy atom. The summed E-state index contributed by atoms with van der Waals surface area (Å²) in [7, 11) is 0. The number of halogens is 3. The van der Waals surface area contributed by atoms with Crippen LogP contribution in [-0.4, -0.2) is 9.91 Å². The zero-order valence-electron chi connectivity index (χ0n) is 9.94. The van der Waals surface area contributed by atoms with Gasteiger partial charge in [0.15, 0.2) is 0 Å². The number of nitrogens with zero attached hydrogens (tertiary/aromatic N) is 2. The average molecular weight is 361 g/mol. The molecule has 1 aromatic heterocycles. The molecule has 5 nitrogen and oxygen atoms in total. The lowest BCUT2D eigenvalue weighted by Gasteiger charge is -2.08. The van der Waals surface area contributed by atoms with Gasteiger partial charge in [0.2, 0.25) is 5.82 Å². The lowest BCUT2D eigenvalue weighted by atomic mass is 10.2. The second-order valence-electron chi connectivity index (χ2n) is 3.87. The molecule has 0 fully saturated rings. The van der Waals surface area contributed by atoms with E-state index < -0.39 is 4.92 Å². The fourth-order valence-electron chi connectivity index (χ4n) is 1.56. The molecule has 0 radical (unpaired) electrons. The molecule has 0 atom stereocenters. The number of hydrogen-bond acceptors (Lipinski definition) is 4. The zero-order valence-corrected chi connectivity index (χ0v) is 12.3. The number of nitrogens with one attached hydrogen (secondary N) is 1. The molecule has 0 bridgehead atoms. The molecule has 0 amide bonds. The van der Waals surface area contributed by atoms with Gasteiger partial charge in [-0.05, 0) is 23.8 Å². The van der Waals surface area contributed by atoms with Crippen LogP contribution in [0.3, 0.4) is 0 Å². The molecule has 1 N–H and O–H groups in total. The van der Waals surface area contributed by atoms with Crippen molar-refractivity contribution in [1.29, 1.82) is 0 Å². The van der Waals surface area contributed by atoms with Crippen molar-refractivity contribution in [3.8, 4) is 0 Å². The maximum absolute atomic E-state index is 13.1. The number of anilines is 1. The van der Waals surface area contributed by atoms with Crippen molar-refractivity contribution in [2.75, 3.05) is 5.32 Å². The summed E-state index contributed by atoms with van der Waals surface area (Å²) >= 11 is 8.95. The maximum Gasteiger partial charge on any atom is 0.312 e. The second-order valence-corrected chi connectivity index (χ2v) is 5.16. The number of benzene rings is 1. The van der Waals surface area contributed by atoms with Crippen molar-refractivity contribution in [2.24, 2.45) is 0 Å². The van der Waals surface area contributed by atoms with Crippen LogP contribution in [0, 0.1) is 15.9 Å². The van der Waals surface area contributed by atoms with E-state index in [-0.39, 0.29) is 28.9 Å². The lowest BCUT2D eigenvalue weighted by Crippen LogP contribution is -2.05. The molecule has 2 aromatic rings. The van der Waals surface area contributed by atoms with E-state index in [2.05, 4.69) is 26.2 Å². The van der Waals surface area contributed by atoms with Crippen molar-refractivity contribution in [1.82, 2.24) is 4.98 Å². The van der Waals surface area contributed by atoms with E-state index in [1.165, 1.54) is 24.4 Å². The van der Waals surface area contributed by atoms with Crippen LogP contribution in [0.15, 0.2) is 34.9 Å². The Kier molecular flexibility index (Phi) is 4.51. The van der Waals surface area contributed by atoms with Crippen LogP contribution in [0.2, 0.25) is 5.02 Å². The van der Waals surface area contributed by atoms with Gasteiger partial charge in [0, 0.05) is 23.3 Å². The molecule has 0 saturated carbocycles. The minimum atomic E-state index is -0.582. The summed E-state index contributed by atoms with van der Waals surface area (Å²) in [5, 5.41) is 13.9. The van der Waals surface area contributed by atoms with E-state index >= 15 is 0 Å². The SMILES string of the molecule is O=[N+]([O-])c1cc(Cl)cnc1NCc1cc(F)ccc1Br. The van der Waals surface area contributed by atoms with Crippen molar-refractivity contribution in [2.45, 2.75) is 6.54 Å². The highest BCUT2D eigenvalue weighted by Gasteiger charge is 2.16. The third-order valence-electron chi connectivity index (χ3n) is 2.48. The van der Waals surface area contributed by atoms with Gasteiger partial charge in [-0.3, -0.25) is 10.1 Å². The van der Waals surface area contributed by atoms with Crippen molar-refractivity contribution in [3.63, 3.8) is 0 Å². The molecule has 2 rings (SSSR count). The van der Waals surface area contributed by atoms with Gasteiger partial charge in [-0.2, -0.15) is 0 Å². The van der Waals surface area contributed by atoms with Crippen LogP contribution < -0.4 is 5.32 Å². The van der Waals surface area contributed by atoms with E-state index in [0.717, 1.165) is 0 Å². The first kappa shape index (κ1) is 14.7. The van der Waals surface area contributed by atoms with E-state index in [1.54, 1.807) is 6.07 Å². The van der Waals surface area contributed by atoms with Crippen molar-refractivity contribution in [3.05, 3.63) is 61.5 Å². The molecule has 0 aliphatic carbocycles. The highest BCUT2D eigenvalue weighted by atomic mass is 79.9. The summed E-state index contributed by atoms with van der Waals surface area (Å²) in [6, 6.07) is 5.42. The van der Waals surface area contributed by atoms with E-state index in [4.69, 9.17) is 11.6 Å². The number of rotatable bonds is 4. The third kappa shape index (κ3) is 3.43. The van der Waals surface area contributed by atoms with Gasteiger partial charge in [-0.15, -0.1) is 0 Å². The monoisotopic (exact) mass is 359 g/mol. The quantitative estimate of drug-likeness (QED) is 0.657. The van der Waals surface area contributed by atoms with Gasteiger partial charge >= 0.3 is 5.69 Å². The Morgan fingerprint density at radius 1 is 1.45 bits per heavy atom. The van der Waals surface area contributed by atoms with Crippen molar-refractivity contribution >= 4 is 39.0 Å².